The first kappa shape index (κ1) is 56.2. The molecule has 0 fully saturated rings. The Balaban J connectivity index is 4.08. The summed E-state index contributed by atoms with van der Waals surface area (Å²) >= 11 is 0. The highest BCUT2D eigenvalue weighted by molar-refractivity contribution is 7.45. The molecule has 0 aliphatic rings. The van der Waals surface area contributed by atoms with Crippen LogP contribution >= 0.6 is 7.82 Å². The van der Waals surface area contributed by atoms with E-state index in [1.54, 1.807) is 0 Å². The van der Waals surface area contributed by atoms with Gasteiger partial charge in [0.25, 0.3) is 7.82 Å². The van der Waals surface area contributed by atoms with Crippen LogP contribution in [0.4, 0.5) is 0 Å². The van der Waals surface area contributed by atoms with Crippen molar-refractivity contribution in [3.8, 4) is 0 Å². The SMILES string of the molecule is CCCCC/C=C\CCCCCCCCOCC(COP(=O)([O-])OCC[N+](C)(C)C)OC(=O)CCCCCCCCCCCCCCCCCCCCCCCC. The molecule has 0 bridgehead atoms. The minimum atomic E-state index is -4.52. The van der Waals surface area contributed by atoms with Crippen LogP contribution in [0.5, 0.6) is 0 Å². The van der Waals surface area contributed by atoms with E-state index >= 15 is 0 Å². The largest absolute Gasteiger partial charge is 0.756 e. The predicted octanol–water partition coefficient (Wildman–Crippen LogP) is 14.0. The molecule has 0 aromatic rings. The number of rotatable bonds is 46. The van der Waals surface area contributed by atoms with Crippen molar-refractivity contribution in [3.05, 3.63) is 12.2 Å². The number of esters is 1. The van der Waals surface area contributed by atoms with Gasteiger partial charge in [0.1, 0.15) is 19.3 Å². The van der Waals surface area contributed by atoms with Crippen LogP contribution in [-0.2, 0) is 27.9 Å². The summed E-state index contributed by atoms with van der Waals surface area (Å²) in [6, 6.07) is 0. The van der Waals surface area contributed by atoms with Gasteiger partial charge in [-0.3, -0.25) is 9.36 Å². The zero-order valence-electron chi connectivity index (χ0n) is 38.6. The van der Waals surface area contributed by atoms with Crippen LogP contribution < -0.4 is 4.89 Å². The van der Waals surface area contributed by atoms with Crippen LogP contribution in [0.2, 0.25) is 0 Å². The molecule has 0 aliphatic carbocycles. The molecule has 0 heterocycles. The summed E-state index contributed by atoms with van der Waals surface area (Å²) in [4.78, 5) is 25.1. The summed E-state index contributed by atoms with van der Waals surface area (Å²) in [6.07, 6.45) is 46.6. The molecule has 0 rings (SSSR count). The molecule has 0 saturated carbocycles. The third-order valence-corrected chi connectivity index (χ3v) is 11.8. The van der Waals surface area contributed by atoms with E-state index in [0.717, 1.165) is 32.1 Å². The number of hydrogen-bond donors (Lipinski definition) is 0. The number of unbranched alkanes of at least 4 members (excludes halogenated alkanes) is 30. The third kappa shape index (κ3) is 46.2. The standard InChI is InChI=1S/C48H96NO7P/c1-6-8-10-12-14-16-18-20-21-22-23-24-25-26-27-28-29-31-33-35-37-39-41-48(50)56-47(46-55-57(51,52)54-44-42-49(3,4)5)45-53-43-40-38-36-34-32-30-19-17-15-13-11-9-7-2/h15,17,47H,6-14,16,18-46H2,1-5H3/b17-15-. The number of carbonyl (C=O) groups excluding carboxylic acids is 1. The Morgan fingerprint density at radius 2 is 0.912 bits per heavy atom. The number of nitrogens with zero attached hydrogens (tertiary/aromatic N) is 1. The van der Waals surface area contributed by atoms with Crippen molar-refractivity contribution in [2.24, 2.45) is 0 Å². The second-order valence-corrected chi connectivity index (χ2v) is 19.2. The zero-order valence-corrected chi connectivity index (χ0v) is 39.5. The van der Waals surface area contributed by atoms with E-state index < -0.39 is 13.9 Å². The monoisotopic (exact) mass is 830 g/mol. The number of phosphoric acid groups is 1. The van der Waals surface area contributed by atoms with Crippen LogP contribution in [0.1, 0.15) is 232 Å². The first-order chi connectivity index (χ1) is 27.6. The molecule has 340 valence electrons. The van der Waals surface area contributed by atoms with Crippen molar-refractivity contribution in [2.45, 2.75) is 238 Å². The Kier molecular flexibility index (Phi) is 41.4. The van der Waals surface area contributed by atoms with Gasteiger partial charge in [0.15, 0.2) is 0 Å². The summed E-state index contributed by atoms with van der Waals surface area (Å²) in [6.45, 7) is 5.43. The van der Waals surface area contributed by atoms with Gasteiger partial charge in [0, 0.05) is 13.0 Å². The molecule has 8 nitrogen and oxygen atoms in total. The summed E-state index contributed by atoms with van der Waals surface area (Å²) in [5.74, 6) is -0.331. The van der Waals surface area contributed by atoms with Crippen molar-refractivity contribution in [1.29, 1.82) is 0 Å². The zero-order chi connectivity index (χ0) is 42.0. The highest BCUT2D eigenvalue weighted by Gasteiger charge is 2.20. The fourth-order valence-corrected chi connectivity index (χ4v) is 7.74. The van der Waals surface area contributed by atoms with Crippen LogP contribution in [0.25, 0.3) is 0 Å². The van der Waals surface area contributed by atoms with Crippen LogP contribution in [0.15, 0.2) is 12.2 Å². The van der Waals surface area contributed by atoms with E-state index in [1.165, 1.54) is 180 Å². The fraction of sp³-hybridized carbons (Fsp3) is 0.938. The molecule has 0 spiro atoms. The quantitative estimate of drug-likeness (QED) is 0.0198. The number of allylic oxidation sites excluding steroid dienone is 2. The first-order valence-corrected chi connectivity index (χ1v) is 25.9. The molecule has 2 atom stereocenters. The third-order valence-electron chi connectivity index (χ3n) is 10.8. The Bertz CT molecular complexity index is 925. The smallest absolute Gasteiger partial charge is 0.306 e. The van der Waals surface area contributed by atoms with Crippen molar-refractivity contribution in [1.82, 2.24) is 0 Å². The number of ether oxygens (including phenoxy) is 2. The maximum atomic E-state index is 12.7. The molecule has 9 heteroatoms. The molecule has 0 N–H and O–H groups in total. The van der Waals surface area contributed by atoms with E-state index in [4.69, 9.17) is 18.5 Å². The lowest BCUT2D eigenvalue weighted by Crippen LogP contribution is -2.37. The lowest BCUT2D eigenvalue weighted by Gasteiger charge is -2.28. The molecule has 0 aliphatic heterocycles. The lowest BCUT2D eigenvalue weighted by atomic mass is 10.0. The highest BCUT2D eigenvalue weighted by atomic mass is 31.2. The molecule has 0 radical (unpaired) electrons. The molecule has 0 aromatic carbocycles. The number of phosphoric ester groups is 1. The van der Waals surface area contributed by atoms with Crippen molar-refractivity contribution in [3.63, 3.8) is 0 Å². The summed E-state index contributed by atoms with van der Waals surface area (Å²) in [5.41, 5.74) is 0. The van der Waals surface area contributed by atoms with Gasteiger partial charge >= 0.3 is 5.97 Å². The predicted molar refractivity (Wildman–Crippen MR) is 241 cm³/mol. The maximum absolute atomic E-state index is 12.7. The minimum absolute atomic E-state index is 0.0283. The van der Waals surface area contributed by atoms with Gasteiger partial charge < -0.3 is 27.9 Å². The van der Waals surface area contributed by atoms with Gasteiger partial charge in [0.2, 0.25) is 0 Å². The second-order valence-electron chi connectivity index (χ2n) is 17.8. The van der Waals surface area contributed by atoms with E-state index in [-0.39, 0.29) is 25.8 Å². The number of quaternary nitrogens is 1. The molecule has 2 unspecified atom stereocenters. The van der Waals surface area contributed by atoms with E-state index in [9.17, 15) is 14.3 Å². The van der Waals surface area contributed by atoms with Gasteiger partial charge in [-0.2, -0.15) is 0 Å². The maximum Gasteiger partial charge on any atom is 0.306 e. The minimum Gasteiger partial charge on any atom is -0.756 e. The summed E-state index contributed by atoms with van der Waals surface area (Å²) in [7, 11) is 1.37. The normalized spacial score (nSPS) is 13.7. The van der Waals surface area contributed by atoms with Crippen molar-refractivity contribution < 1.29 is 37.3 Å². The molecule has 57 heavy (non-hydrogen) atoms. The van der Waals surface area contributed by atoms with Gasteiger partial charge in [-0.15, -0.1) is 0 Å². The average Bonchev–Trinajstić information content (AvgIpc) is 3.16. The fourth-order valence-electron chi connectivity index (χ4n) is 7.01. The van der Waals surface area contributed by atoms with Crippen molar-refractivity contribution in [2.75, 3.05) is 54.1 Å². The van der Waals surface area contributed by atoms with Crippen LogP contribution in [0.3, 0.4) is 0 Å². The topological polar surface area (TPSA) is 94.1 Å². The van der Waals surface area contributed by atoms with Gasteiger partial charge in [-0.05, 0) is 38.5 Å². The van der Waals surface area contributed by atoms with Gasteiger partial charge in [0.05, 0.1) is 34.4 Å². The van der Waals surface area contributed by atoms with E-state index in [2.05, 4.69) is 26.0 Å². The molecule has 0 amide bonds. The van der Waals surface area contributed by atoms with Crippen LogP contribution in [0, 0.1) is 0 Å². The second kappa shape index (κ2) is 42.0. The number of likely N-dealkylation sites (N-methyl/N-ethyl adjacent to an activating group) is 1. The Hall–Kier alpha value is -0.760. The Morgan fingerprint density at radius 1 is 0.526 bits per heavy atom. The number of carbonyl (C=O) groups is 1. The molecule has 0 saturated heterocycles. The molecule has 0 aromatic heterocycles. The van der Waals surface area contributed by atoms with Gasteiger partial charge in [-0.25, -0.2) is 0 Å². The Labute approximate surface area is 354 Å². The first-order valence-electron chi connectivity index (χ1n) is 24.4. The molecular weight excluding hydrogens is 734 g/mol. The lowest BCUT2D eigenvalue weighted by molar-refractivity contribution is -0.870. The summed E-state index contributed by atoms with van der Waals surface area (Å²) < 4.78 is 34.7. The average molecular weight is 830 g/mol. The Morgan fingerprint density at radius 3 is 1.37 bits per heavy atom. The molecular formula is C48H96NO7P. The summed E-state index contributed by atoms with van der Waals surface area (Å²) in [5, 5.41) is 0. The van der Waals surface area contributed by atoms with E-state index in [0.29, 0.717) is 24.1 Å². The van der Waals surface area contributed by atoms with Crippen LogP contribution in [-0.4, -0.2) is 70.7 Å². The van der Waals surface area contributed by atoms with Crippen molar-refractivity contribution >= 4 is 13.8 Å². The number of hydrogen-bond acceptors (Lipinski definition) is 7. The highest BCUT2D eigenvalue weighted by Crippen LogP contribution is 2.38. The van der Waals surface area contributed by atoms with Gasteiger partial charge in [-0.1, -0.05) is 199 Å². The van der Waals surface area contributed by atoms with E-state index in [1.807, 2.05) is 21.1 Å².